The van der Waals surface area contributed by atoms with Gasteiger partial charge in [-0.3, -0.25) is 4.90 Å². The van der Waals surface area contributed by atoms with E-state index in [1.165, 1.54) is 58.0 Å². The zero-order chi connectivity index (χ0) is 12.6. The Labute approximate surface area is 111 Å². The molecule has 1 atom stereocenters. The lowest BCUT2D eigenvalue weighted by molar-refractivity contribution is 0.00755. The summed E-state index contributed by atoms with van der Waals surface area (Å²) in [5, 5.41) is 13.5. The van der Waals surface area contributed by atoms with Crippen molar-refractivity contribution in [3.05, 3.63) is 0 Å². The Morgan fingerprint density at radius 1 is 1.22 bits per heavy atom. The molecule has 18 heavy (non-hydrogen) atoms. The first-order valence-electron chi connectivity index (χ1n) is 7.84. The second kappa shape index (κ2) is 5.10. The third-order valence-electron chi connectivity index (χ3n) is 5.46. The van der Waals surface area contributed by atoms with E-state index in [1.807, 2.05) is 0 Å². The van der Waals surface area contributed by atoms with Gasteiger partial charge < -0.3 is 10.4 Å². The lowest BCUT2D eigenvalue weighted by Crippen LogP contribution is -2.56. The second-order valence-electron chi connectivity index (χ2n) is 6.92. The number of hydrogen-bond donors (Lipinski definition) is 2. The predicted octanol–water partition coefficient (Wildman–Crippen LogP) is 1.75. The lowest BCUT2D eigenvalue weighted by Gasteiger charge is -2.50. The van der Waals surface area contributed by atoms with Crippen molar-refractivity contribution in [1.82, 2.24) is 10.2 Å². The van der Waals surface area contributed by atoms with E-state index >= 15 is 0 Å². The van der Waals surface area contributed by atoms with Gasteiger partial charge in [0.05, 0.1) is 6.10 Å². The SMILES string of the molecule is CC1(N2CCC2)CCC(NCC(O)C2CC2)CC1. The van der Waals surface area contributed by atoms with Gasteiger partial charge in [-0.1, -0.05) is 0 Å². The number of aliphatic hydroxyl groups is 1. The number of hydrogen-bond acceptors (Lipinski definition) is 3. The van der Waals surface area contributed by atoms with E-state index in [2.05, 4.69) is 17.1 Å². The third-order valence-corrected chi connectivity index (χ3v) is 5.46. The molecule has 0 amide bonds. The maximum atomic E-state index is 9.89. The van der Waals surface area contributed by atoms with Crippen molar-refractivity contribution in [2.75, 3.05) is 19.6 Å². The van der Waals surface area contributed by atoms with Gasteiger partial charge in [0.2, 0.25) is 0 Å². The largest absolute Gasteiger partial charge is 0.392 e. The molecule has 3 aliphatic rings. The Kier molecular flexibility index (Phi) is 3.65. The van der Waals surface area contributed by atoms with Crippen molar-refractivity contribution in [2.24, 2.45) is 5.92 Å². The van der Waals surface area contributed by atoms with Gasteiger partial charge in [0, 0.05) is 18.1 Å². The Morgan fingerprint density at radius 3 is 2.39 bits per heavy atom. The molecular formula is C15H28N2O. The Morgan fingerprint density at radius 2 is 1.89 bits per heavy atom. The van der Waals surface area contributed by atoms with Crippen molar-refractivity contribution < 1.29 is 5.11 Å². The molecule has 2 saturated carbocycles. The smallest absolute Gasteiger partial charge is 0.0692 e. The number of likely N-dealkylation sites (tertiary alicyclic amines) is 1. The number of nitrogens with zero attached hydrogens (tertiary/aromatic N) is 1. The van der Waals surface area contributed by atoms with Gasteiger partial charge in [-0.25, -0.2) is 0 Å². The monoisotopic (exact) mass is 252 g/mol. The lowest BCUT2D eigenvalue weighted by atomic mass is 9.78. The van der Waals surface area contributed by atoms with Gasteiger partial charge in [0.25, 0.3) is 0 Å². The molecular weight excluding hydrogens is 224 g/mol. The van der Waals surface area contributed by atoms with Gasteiger partial charge in [-0.15, -0.1) is 0 Å². The molecule has 3 fully saturated rings. The summed E-state index contributed by atoms with van der Waals surface area (Å²) in [4.78, 5) is 2.67. The zero-order valence-corrected chi connectivity index (χ0v) is 11.7. The molecule has 0 radical (unpaired) electrons. The van der Waals surface area contributed by atoms with Crippen LogP contribution in [0.2, 0.25) is 0 Å². The summed E-state index contributed by atoms with van der Waals surface area (Å²) in [6, 6.07) is 0.646. The highest BCUT2D eigenvalue weighted by molar-refractivity contribution is 4.96. The molecule has 2 N–H and O–H groups in total. The zero-order valence-electron chi connectivity index (χ0n) is 11.7. The molecule has 3 rings (SSSR count). The van der Waals surface area contributed by atoms with E-state index < -0.39 is 0 Å². The van der Waals surface area contributed by atoms with Gasteiger partial charge in [0.15, 0.2) is 0 Å². The fraction of sp³-hybridized carbons (Fsp3) is 1.00. The maximum absolute atomic E-state index is 9.89. The average Bonchev–Trinajstić information content (AvgIpc) is 3.09. The summed E-state index contributed by atoms with van der Waals surface area (Å²) in [6.07, 6.45) is 8.99. The maximum Gasteiger partial charge on any atom is 0.0692 e. The number of aliphatic hydroxyl groups excluding tert-OH is 1. The van der Waals surface area contributed by atoms with Gasteiger partial charge in [-0.2, -0.15) is 0 Å². The van der Waals surface area contributed by atoms with Gasteiger partial charge in [0.1, 0.15) is 0 Å². The minimum atomic E-state index is -0.0892. The summed E-state index contributed by atoms with van der Waals surface area (Å²) >= 11 is 0. The molecule has 0 aromatic carbocycles. The molecule has 3 nitrogen and oxygen atoms in total. The molecule has 3 heteroatoms. The average molecular weight is 252 g/mol. The third kappa shape index (κ3) is 2.73. The van der Waals surface area contributed by atoms with Crippen molar-refractivity contribution in [3.63, 3.8) is 0 Å². The van der Waals surface area contributed by atoms with Crippen molar-refractivity contribution in [3.8, 4) is 0 Å². The van der Waals surface area contributed by atoms with Gasteiger partial charge >= 0.3 is 0 Å². The topological polar surface area (TPSA) is 35.5 Å². The highest BCUT2D eigenvalue weighted by atomic mass is 16.3. The summed E-state index contributed by atoms with van der Waals surface area (Å²) in [7, 11) is 0. The molecule has 0 aromatic rings. The Bertz CT molecular complexity index is 278. The molecule has 1 unspecified atom stereocenters. The standard InChI is InChI=1S/C15H28N2O/c1-15(17-9-2-10-17)7-5-13(6-8-15)16-11-14(18)12-3-4-12/h12-14,16,18H,2-11H2,1H3. The van der Waals surface area contributed by atoms with Crippen molar-refractivity contribution in [1.29, 1.82) is 0 Å². The molecule has 1 aliphatic heterocycles. The first kappa shape index (κ1) is 12.9. The first-order valence-corrected chi connectivity index (χ1v) is 7.84. The minimum absolute atomic E-state index is 0.0892. The minimum Gasteiger partial charge on any atom is -0.392 e. The first-order chi connectivity index (χ1) is 8.67. The van der Waals surface area contributed by atoms with Crippen LogP contribution in [0.4, 0.5) is 0 Å². The second-order valence-corrected chi connectivity index (χ2v) is 6.92. The molecule has 1 heterocycles. The van der Waals surface area contributed by atoms with Crippen LogP contribution in [0, 0.1) is 5.92 Å². The van der Waals surface area contributed by atoms with Crippen LogP contribution in [0.5, 0.6) is 0 Å². The predicted molar refractivity (Wildman–Crippen MR) is 73.6 cm³/mol. The van der Waals surface area contributed by atoms with Crippen LogP contribution in [0.3, 0.4) is 0 Å². The summed E-state index contributed by atoms with van der Waals surface area (Å²) in [5.41, 5.74) is 0.478. The molecule has 104 valence electrons. The molecule has 0 spiro atoms. The van der Waals surface area contributed by atoms with E-state index in [1.54, 1.807) is 0 Å². The molecule has 1 saturated heterocycles. The van der Waals surface area contributed by atoms with Crippen molar-refractivity contribution >= 4 is 0 Å². The fourth-order valence-electron chi connectivity index (χ4n) is 3.55. The highest BCUT2D eigenvalue weighted by Crippen LogP contribution is 2.36. The number of rotatable bonds is 5. The normalized spacial score (nSPS) is 39.3. The van der Waals surface area contributed by atoms with Crippen LogP contribution in [0.25, 0.3) is 0 Å². The van der Waals surface area contributed by atoms with Crippen molar-refractivity contribution in [2.45, 2.75) is 69.6 Å². The van der Waals surface area contributed by atoms with Gasteiger partial charge in [-0.05, 0) is 70.9 Å². The van der Waals surface area contributed by atoms with Crippen LogP contribution in [0.1, 0.15) is 51.9 Å². The van der Waals surface area contributed by atoms with Crippen LogP contribution < -0.4 is 5.32 Å². The quantitative estimate of drug-likeness (QED) is 0.782. The van der Waals surface area contributed by atoms with Crippen LogP contribution in [0.15, 0.2) is 0 Å². The van der Waals surface area contributed by atoms with E-state index in [9.17, 15) is 5.11 Å². The van der Waals surface area contributed by atoms with E-state index in [0.717, 1.165) is 6.54 Å². The van der Waals surface area contributed by atoms with E-state index in [4.69, 9.17) is 0 Å². The highest BCUT2D eigenvalue weighted by Gasteiger charge is 2.38. The summed E-state index contributed by atoms with van der Waals surface area (Å²) in [6.45, 7) is 5.89. The summed E-state index contributed by atoms with van der Waals surface area (Å²) < 4.78 is 0. The molecule has 2 aliphatic carbocycles. The van der Waals surface area contributed by atoms with Crippen LogP contribution in [-0.2, 0) is 0 Å². The fourth-order valence-corrected chi connectivity index (χ4v) is 3.55. The Hall–Kier alpha value is -0.120. The van der Waals surface area contributed by atoms with Crippen LogP contribution in [-0.4, -0.2) is 47.3 Å². The van der Waals surface area contributed by atoms with Crippen LogP contribution >= 0.6 is 0 Å². The number of nitrogens with one attached hydrogen (secondary N) is 1. The van der Waals surface area contributed by atoms with E-state index in [-0.39, 0.29) is 6.10 Å². The summed E-state index contributed by atoms with van der Waals surface area (Å²) in [5.74, 6) is 0.604. The Balaban J connectivity index is 1.39. The molecule has 0 bridgehead atoms. The van der Waals surface area contributed by atoms with E-state index in [0.29, 0.717) is 17.5 Å². The molecule has 0 aromatic heterocycles.